The Bertz CT molecular complexity index is 740. The molecule has 0 spiro atoms. The van der Waals surface area contributed by atoms with E-state index in [4.69, 9.17) is 0 Å². The van der Waals surface area contributed by atoms with Gasteiger partial charge in [0.05, 0.1) is 6.54 Å². The molecule has 1 N–H and O–H groups in total. The van der Waals surface area contributed by atoms with E-state index in [0.717, 1.165) is 29.7 Å². The average Bonchev–Trinajstić information content (AvgIpc) is 3.37. The number of rotatable bonds is 6. The third-order valence-electron chi connectivity index (χ3n) is 4.41. The van der Waals surface area contributed by atoms with Gasteiger partial charge in [-0.15, -0.1) is 0 Å². The number of carbonyl (C=O) groups is 1. The lowest BCUT2D eigenvalue weighted by molar-refractivity contribution is -0.117. The van der Waals surface area contributed by atoms with Gasteiger partial charge in [-0.3, -0.25) is 9.69 Å². The molecular weight excluding hydrogens is 303 g/mol. The van der Waals surface area contributed by atoms with Crippen LogP contribution in [0.3, 0.4) is 0 Å². The van der Waals surface area contributed by atoms with E-state index in [2.05, 4.69) is 10.2 Å². The quantitative estimate of drug-likeness (QED) is 0.869. The second kappa shape index (κ2) is 7.14. The van der Waals surface area contributed by atoms with Crippen LogP contribution in [0.15, 0.2) is 42.5 Å². The number of nitrogens with zero attached hydrogens (tertiary/aromatic N) is 1. The molecule has 0 bridgehead atoms. The highest BCUT2D eigenvalue weighted by atomic mass is 19.1. The standard InChI is InChI=1S/C20H23FN2O/c1-14-7-8-15(2)19(11-14)22-20(24)13-23(17-9-10-17)12-16-5-3-4-6-18(16)21/h3-8,11,17H,9-10,12-13H2,1-2H3,(H,22,24). The Kier molecular flexibility index (Phi) is 4.95. The highest BCUT2D eigenvalue weighted by Gasteiger charge is 2.30. The van der Waals surface area contributed by atoms with Crippen molar-refractivity contribution in [3.05, 3.63) is 65.0 Å². The Morgan fingerprint density at radius 1 is 1.21 bits per heavy atom. The van der Waals surface area contributed by atoms with Crippen LogP contribution in [0.5, 0.6) is 0 Å². The van der Waals surface area contributed by atoms with E-state index in [-0.39, 0.29) is 18.3 Å². The highest BCUT2D eigenvalue weighted by Crippen LogP contribution is 2.28. The monoisotopic (exact) mass is 326 g/mol. The van der Waals surface area contributed by atoms with Gasteiger partial charge in [-0.1, -0.05) is 30.3 Å². The van der Waals surface area contributed by atoms with E-state index in [1.165, 1.54) is 6.07 Å². The third-order valence-corrected chi connectivity index (χ3v) is 4.41. The smallest absolute Gasteiger partial charge is 0.238 e. The molecule has 0 unspecified atom stereocenters. The lowest BCUT2D eigenvalue weighted by atomic mass is 10.1. The van der Waals surface area contributed by atoms with Gasteiger partial charge in [-0.05, 0) is 49.9 Å². The van der Waals surface area contributed by atoms with Crippen LogP contribution in [-0.2, 0) is 11.3 Å². The predicted octanol–water partition coefficient (Wildman–Crippen LogP) is 4.05. The van der Waals surface area contributed by atoms with Gasteiger partial charge in [0.2, 0.25) is 5.91 Å². The molecule has 2 aromatic carbocycles. The number of halogens is 1. The van der Waals surface area contributed by atoms with Gasteiger partial charge in [-0.2, -0.15) is 0 Å². The zero-order chi connectivity index (χ0) is 17.1. The van der Waals surface area contributed by atoms with Gasteiger partial charge in [0.15, 0.2) is 0 Å². The maximum atomic E-state index is 13.9. The van der Waals surface area contributed by atoms with Crippen molar-refractivity contribution < 1.29 is 9.18 Å². The van der Waals surface area contributed by atoms with Gasteiger partial charge in [-0.25, -0.2) is 4.39 Å². The molecule has 126 valence electrons. The maximum absolute atomic E-state index is 13.9. The van der Waals surface area contributed by atoms with Crippen molar-refractivity contribution in [2.24, 2.45) is 0 Å². The Balaban J connectivity index is 1.66. The van der Waals surface area contributed by atoms with Crippen LogP contribution in [0.1, 0.15) is 29.5 Å². The molecule has 24 heavy (non-hydrogen) atoms. The number of carbonyl (C=O) groups excluding carboxylic acids is 1. The third kappa shape index (κ3) is 4.20. The summed E-state index contributed by atoms with van der Waals surface area (Å²) in [6.07, 6.45) is 2.15. The van der Waals surface area contributed by atoms with Crippen LogP contribution < -0.4 is 5.32 Å². The molecule has 0 heterocycles. The Labute approximate surface area is 142 Å². The van der Waals surface area contributed by atoms with Crippen molar-refractivity contribution in [2.45, 2.75) is 39.3 Å². The lowest BCUT2D eigenvalue weighted by Gasteiger charge is -2.22. The number of amides is 1. The summed E-state index contributed by atoms with van der Waals surface area (Å²) in [6.45, 7) is 4.74. The van der Waals surface area contributed by atoms with Crippen molar-refractivity contribution in [1.29, 1.82) is 0 Å². The fourth-order valence-electron chi connectivity index (χ4n) is 2.84. The fraction of sp³-hybridized carbons (Fsp3) is 0.350. The molecule has 0 aromatic heterocycles. The summed E-state index contributed by atoms with van der Waals surface area (Å²) < 4.78 is 13.9. The summed E-state index contributed by atoms with van der Waals surface area (Å²) >= 11 is 0. The first-order valence-corrected chi connectivity index (χ1v) is 8.37. The Morgan fingerprint density at radius 2 is 1.96 bits per heavy atom. The molecule has 1 fully saturated rings. The SMILES string of the molecule is Cc1ccc(C)c(NC(=O)CN(Cc2ccccc2F)C2CC2)c1. The van der Waals surface area contributed by atoms with Crippen LogP contribution in [0.4, 0.5) is 10.1 Å². The summed E-state index contributed by atoms with van der Waals surface area (Å²) in [5, 5.41) is 2.99. The number of hydrogen-bond donors (Lipinski definition) is 1. The molecule has 1 saturated carbocycles. The normalized spacial score (nSPS) is 14.0. The zero-order valence-electron chi connectivity index (χ0n) is 14.2. The minimum Gasteiger partial charge on any atom is -0.325 e. The first kappa shape index (κ1) is 16.7. The Hall–Kier alpha value is -2.20. The number of benzene rings is 2. The highest BCUT2D eigenvalue weighted by molar-refractivity contribution is 5.93. The predicted molar refractivity (Wildman–Crippen MR) is 94.4 cm³/mol. The number of anilines is 1. The Morgan fingerprint density at radius 3 is 2.67 bits per heavy atom. The largest absolute Gasteiger partial charge is 0.325 e. The molecule has 1 aliphatic carbocycles. The molecular formula is C20H23FN2O. The first-order chi connectivity index (χ1) is 11.5. The molecule has 1 aliphatic rings. The van der Waals surface area contributed by atoms with E-state index in [0.29, 0.717) is 18.2 Å². The van der Waals surface area contributed by atoms with E-state index >= 15 is 0 Å². The average molecular weight is 326 g/mol. The summed E-state index contributed by atoms with van der Waals surface area (Å²) in [5.74, 6) is -0.259. The van der Waals surface area contributed by atoms with E-state index in [1.54, 1.807) is 12.1 Å². The van der Waals surface area contributed by atoms with Crippen LogP contribution >= 0.6 is 0 Å². The molecule has 3 nitrogen and oxygen atoms in total. The molecule has 3 rings (SSSR count). The molecule has 1 amide bonds. The molecule has 0 radical (unpaired) electrons. The van der Waals surface area contributed by atoms with Gasteiger partial charge >= 0.3 is 0 Å². The second-order valence-corrected chi connectivity index (χ2v) is 6.59. The summed E-state index contributed by atoms with van der Waals surface area (Å²) in [6, 6.07) is 13.2. The maximum Gasteiger partial charge on any atom is 0.238 e. The van der Waals surface area contributed by atoms with Crippen molar-refractivity contribution in [3.63, 3.8) is 0 Å². The lowest BCUT2D eigenvalue weighted by Crippen LogP contribution is -2.34. The molecule has 4 heteroatoms. The van der Waals surface area contributed by atoms with Crippen LogP contribution in [0, 0.1) is 19.7 Å². The van der Waals surface area contributed by atoms with Crippen molar-refractivity contribution in [1.82, 2.24) is 4.90 Å². The van der Waals surface area contributed by atoms with E-state index < -0.39 is 0 Å². The van der Waals surface area contributed by atoms with Gasteiger partial charge in [0, 0.05) is 23.8 Å². The van der Waals surface area contributed by atoms with E-state index in [9.17, 15) is 9.18 Å². The van der Waals surface area contributed by atoms with Gasteiger partial charge < -0.3 is 5.32 Å². The first-order valence-electron chi connectivity index (χ1n) is 8.37. The molecule has 0 atom stereocenters. The van der Waals surface area contributed by atoms with Crippen molar-refractivity contribution in [3.8, 4) is 0 Å². The van der Waals surface area contributed by atoms with Crippen LogP contribution in [-0.4, -0.2) is 23.4 Å². The molecule has 2 aromatic rings. The summed E-state index contributed by atoms with van der Waals surface area (Å²) in [5.41, 5.74) is 3.65. The summed E-state index contributed by atoms with van der Waals surface area (Å²) in [4.78, 5) is 14.5. The van der Waals surface area contributed by atoms with Crippen molar-refractivity contribution >= 4 is 11.6 Å². The van der Waals surface area contributed by atoms with Crippen LogP contribution in [0.25, 0.3) is 0 Å². The minimum atomic E-state index is -0.210. The number of hydrogen-bond acceptors (Lipinski definition) is 2. The zero-order valence-corrected chi connectivity index (χ0v) is 14.2. The molecule has 0 saturated heterocycles. The summed E-state index contributed by atoms with van der Waals surface area (Å²) in [7, 11) is 0. The molecule has 0 aliphatic heterocycles. The fourth-order valence-corrected chi connectivity index (χ4v) is 2.84. The minimum absolute atomic E-state index is 0.0491. The second-order valence-electron chi connectivity index (χ2n) is 6.59. The number of aryl methyl sites for hydroxylation is 2. The van der Waals surface area contributed by atoms with Crippen LogP contribution in [0.2, 0.25) is 0 Å². The topological polar surface area (TPSA) is 32.3 Å². The van der Waals surface area contributed by atoms with E-state index in [1.807, 2.05) is 38.1 Å². The van der Waals surface area contributed by atoms with Crippen molar-refractivity contribution in [2.75, 3.05) is 11.9 Å². The number of nitrogens with one attached hydrogen (secondary N) is 1. The van der Waals surface area contributed by atoms with Gasteiger partial charge in [0.1, 0.15) is 5.82 Å². The van der Waals surface area contributed by atoms with Gasteiger partial charge in [0.25, 0.3) is 0 Å².